The minimum absolute atomic E-state index is 0.0106. The molecular weight excluding hydrogens is 293 g/mol. The number of hydrogen-bond donors (Lipinski definition) is 0. The Hall–Kier alpha value is -2.12. The summed E-state index contributed by atoms with van der Waals surface area (Å²) in [4.78, 5) is 12.7. The van der Waals surface area contributed by atoms with E-state index in [1.165, 1.54) is 0 Å². The molecule has 1 heterocycles. The van der Waals surface area contributed by atoms with Crippen molar-refractivity contribution >= 4 is 23.8 Å². The highest BCUT2D eigenvalue weighted by atomic mass is 31.2. The van der Waals surface area contributed by atoms with Crippen molar-refractivity contribution in [3.63, 3.8) is 0 Å². The van der Waals surface area contributed by atoms with Gasteiger partial charge in [-0.2, -0.15) is 0 Å². The zero-order valence-corrected chi connectivity index (χ0v) is 12.9. The molecule has 2 atom stereocenters. The van der Waals surface area contributed by atoms with Gasteiger partial charge in [-0.15, -0.1) is 0 Å². The molecule has 1 fully saturated rings. The third-order valence-electron chi connectivity index (χ3n) is 4.43. The van der Waals surface area contributed by atoms with E-state index in [0.717, 1.165) is 17.0 Å². The summed E-state index contributed by atoms with van der Waals surface area (Å²) < 4.78 is 15.7. The Morgan fingerprint density at radius 2 is 1.41 bits per heavy atom. The lowest BCUT2D eigenvalue weighted by atomic mass is 10.1. The minimum atomic E-state index is -3.14. The maximum absolute atomic E-state index is 14.1. The summed E-state index contributed by atoms with van der Waals surface area (Å²) in [6.45, 7) is 0. The van der Waals surface area contributed by atoms with Crippen LogP contribution in [-0.4, -0.2) is 16.6 Å². The zero-order valence-electron chi connectivity index (χ0n) is 12.0. The number of carbonyl (C=O) groups is 1. The van der Waals surface area contributed by atoms with Crippen molar-refractivity contribution in [2.24, 2.45) is 5.92 Å². The first-order valence-electron chi connectivity index (χ1n) is 7.44. The molecule has 2 unspecified atom stereocenters. The normalized spacial score (nSPS) is 23.3. The number of carbonyl (C=O) groups excluding carboxylic acids is 1. The molecule has 0 saturated carbocycles. The largest absolute Gasteiger partial charge is 0.290 e. The van der Waals surface area contributed by atoms with Crippen molar-refractivity contribution in [3.8, 4) is 0 Å². The van der Waals surface area contributed by atoms with Crippen molar-refractivity contribution in [2.45, 2.75) is 12.5 Å². The highest BCUT2D eigenvalue weighted by Crippen LogP contribution is 2.54. The van der Waals surface area contributed by atoms with Crippen molar-refractivity contribution < 1.29 is 9.36 Å². The van der Waals surface area contributed by atoms with Gasteiger partial charge in [0.1, 0.15) is 0 Å². The summed E-state index contributed by atoms with van der Waals surface area (Å²) >= 11 is 0. The molecular formula is C18H16NO2P. The van der Waals surface area contributed by atoms with Gasteiger partial charge in [0.15, 0.2) is 0 Å². The molecule has 0 radical (unpaired) electrons. The summed E-state index contributed by atoms with van der Waals surface area (Å²) in [6, 6.07) is 18.7. The van der Waals surface area contributed by atoms with Crippen LogP contribution in [0.25, 0.3) is 0 Å². The first kappa shape index (κ1) is 13.5. The first-order valence-corrected chi connectivity index (χ1v) is 9.10. The van der Waals surface area contributed by atoms with Crippen LogP contribution >= 0.6 is 7.29 Å². The number of fused-ring (bicyclic) bond motifs is 2. The van der Waals surface area contributed by atoms with E-state index in [0.29, 0.717) is 0 Å². The van der Waals surface area contributed by atoms with Crippen molar-refractivity contribution in [1.82, 2.24) is 4.67 Å². The van der Waals surface area contributed by atoms with Crippen LogP contribution in [0.2, 0.25) is 0 Å². The lowest BCUT2D eigenvalue weighted by Gasteiger charge is -2.33. The molecule has 4 heteroatoms. The van der Waals surface area contributed by atoms with Crippen molar-refractivity contribution in [3.05, 3.63) is 72.8 Å². The van der Waals surface area contributed by atoms with Gasteiger partial charge in [0, 0.05) is 10.6 Å². The predicted octanol–water partition coefficient (Wildman–Crippen LogP) is 2.70. The van der Waals surface area contributed by atoms with Crippen LogP contribution in [0, 0.1) is 5.92 Å². The van der Waals surface area contributed by atoms with E-state index >= 15 is 0 Å². The molecule has 110 valence electrons. The molecule has 1 amide bonds. The van der Waals surface area contributed by atoms with Crippen LogP contribution in [0.3, 0.4) is 0 Å². The van der Waals surface area contributed by atoms with Crippen LogP contribution < -0.4 is 10.6 Å². The maximum atomic E-state index is 14.1. The third kappa shape index (κ3) is 1.82. The molecule has 2 bridgehead atoms. The molecule has 0 spiro atoms. The molecule has 22 heavy (non-hydrogen) atoms. The van der Waals surface area contributed by atoms with E-state index in [1.807, 2.05) is 72.8 Å². The fourth-order valence-corrected chi connectivity index (χ4v) is 6.35. The second kappa shape index (κ2) is 4.96. The topological polar surface area (TPSA) is 37.4 Å². The zero-order chi connectivity index (χ0) is 15.2. The van der Waals surface area contributed by atoms with Gasteiger partial charge in [-0.3, -0.25) is 14.0 Å². The second-order valence-electron chi connectivity index (χ2n) is 5.72. The summed E-state index contributed by atoms with van der Waals surface area (Å²) in [6.07, 6.45) is 4.72. The molecule has 1 aliphatic carbocycles. The maximum Gasteiger partial charge on any atom is 0.236 e. The van der Waals surface area contributed by atoms with E-state index in [1.54, 1.807) is 4.67 Å². The Bertz CT molecular complexity index is 742. The number of rotatable bonds is 3. The van der Waals surface area contributed by atoms with Crippen LogP contribution in [0.4, 0.5) is 0 Å². The summed E-state index contributed by atoms with van der Waals surface area (Å²) in [5.41, 5.74) is 0. The van der Waals surface area contributed by atoms with Crippen LogP contribution in [0.15, 0.2) is 72.8 Å². The van der Waals surface area contributed by atoms with E-state index < -0.39 is 7.29 Å². The van der Waals surface area contributed by atoms with Gasteiger partial charge < -0.3 is 0 Å². The highest BCUT2D eigenvalue weighted by molar-refractivity contribution is 7.77. The smallest absolute Gasteiger partial charge is 0.236 e. The molecule has 2 aromatic rings. The molecule has 2 aromatic carbocycles. The number of benzene rings is 2. The molecule has 0 aromatic heterocycles. The van der Waals surface area contributed by atoms with Gasteiger partial charge in [0.05, 0.1) is 12.0 Å². The average molecular weight is 309 g/mol. The molecule has 3 nitrogen and oxygen atoms in total. The van der Waals surface area contributed by atoms with Gasteiger partial charge in [0.25, 0.3) is 0 Å². The number of hydrogen-bond acceptors (Lipinski definition) is 2. The SMILES string of the molecule is O=C1C2C=CC(C2)N1P(=O)(c1ccccc1)c1ccccc1. The monoisotopic (exact) mass is 309 g/mol. The Labute approximate surface area is 129 Å². The predicted molar refractivity (Wildman–Crippen MR) is 87.6 cm³/mol. The first-order chi connectivity index (χ1) is 10.7. The fraction of sp³-hybridized carbons (Fsp3) is 0.167. The number of amides is 1. The summed E-state index contributed by atoms with van der Waals surface area (Å²) in [5.74, 6) is -0.116. The third-order valence-corrected chi connectivity index (χ3v) is 7.53. The van der Waals surface area contributed by atoms with Gasteiger partial charge in [-0.1, -0.05) is 48.6 Å². The Kier molecular flexibility index (Phi) is 3.05. The quantitative estimate of drug-likeness (QED) is 0.646. The van der Waals surface area contributed by atoms with E-state index in [4.69, 9.17) is 0 Å². The lowest BCUT2D eigenvalue weighted by Crippen LogP contribution is -2.39. The van der Waals surface area contributed by atoms with Gasteiger partial charge in [-0.05, 0) is 30.7 Å². The standard InChI is InChI=1S/C18H16NO2P/c20-18-14-11-12-15(13-14)19(18)22(21,16-7-3-1-4-8-16)17-9-5-2-6-10-17/h1-12,14-15H,13H2. The number of nitrogens with zero attached hydrogens (tertiary/aromatic N) is 1. The Morgan fingerprint density at radius 1 is 0.864 bits per heavy atom. The molecule has 1 aliphatic heterocycles. The lowest BCUT2D eigenvalue weighted by molar-refractivity contribution is -0.126. The minimum Gasteiger partial charge on any atom is -0.290 e. The van der Waals surface area contributed by atoms with Crippen LogP contribution in [-0.2, 0) is 9.36 Å². The van der Waals surface area contributed by atoms with E-state index in [2.05, 4.69) is 0 Å². The van der Waals surface area contributed by atoms with Crippen LogP contribution in [0.1, 0.15) is 6.42 Å². The Balaban J connectivity index is 1.93. The summed E-state index contributed by atoms with van der Waals surface area (Å²) in [7, 11) is -3.14. The molecule has 4 rings (SSSR count). The van der Waals surface area contributed by atoms with Gasteiger partial charge >= 0.3 is 0 Å². The van der Waals surface area contributed by atoms with Gasteiger partial charge in [0.2, 0.25) is 13.2 Å². The van der Waals surface area contributed by atoms with E-state index in [9.17, 15) is 9.36 Å². The fourth-order valence-electron chi connectivity index (χ4n) is 3.38. The summed E-state index contributed by atoms with van der Waals surface area (Å²) in [5, 5.41) is 1.44. The molecule has 1 saturated heterocycles. The van der Waals surface area contributed by atoms with Crippen molar-refractivity contribution in [1.29, 1.82) is 0 Å². The van der Waals surface area contributed by atoms with E-state index in [-0.39, 0.29) is 17.9 Å². The van der Waals surface area contributed by atoms with Crippen LogP contribution in [0.5, 0.6) is 0 Å². The van der Waals surface area contributed by atoms with Gasteiger partial charge in [-0.25, -0.2) is 0 Å². The highest BCUT2D eigenvalue weighted by Gasteiger charge is 2.50. The second-order valence-corrected chi connectivity index (χ2v) is 8.34. The Morgan fingerprint density at radius 3 is 1.86 bits per heavy atom. The van der Waals surface area contributed by atoms with Crippen molar-refractivity contribution in [2.75, 3.05) is 0 Å². The average Bonchev–Trinajstić information content (AvgIpc) is 3.17. The molecule has 0 N–H and O–H groups in total. The molecule has 2 aliphatic rings.